The third-order valence-electron chi connectivity index (χ3n) is 4.34. The quantitative estimate of drug-likeness (QED) is 0.726. The normalized spacial score (nSPS) is 17.1. The van der Waals surface area contributed by atoms with Gasteiger partial charge >= 0.3 is 0 Å². The van der Waals surface area contributed by atoms with Crippen LogP contribution in [0.4, 0.5) is 0 Å². The number of carbonyl (C=O) groups is 1. The monoisotopic (exact) mass is 323 g/mol. The predicted molar refractivity (Wildman–Crippen MR) is 90.6 cm³/mol. The summed E-state index contributed by atoms with van der Waals surface area (Å²) in [7, 11) is 1.92. The fourth-order valence-corrected chi connectivity index (χ4v) is 3.91. The molecule has 0 N–H and O–H groups in total. The van der Waals surface area contributed by atoms with Crippen LogP contribution < -0.4 is 0 Å². The van der Waals surface area contributed by atoms with E-state index in [0.717, 1.165) is 10.4 Å². The van der Waals surface area contributed by atoms with Crippen molar-refractivity contribution in [1.29, 1.82) is 0 Å². The molecule has 4 rings (SSSR count). The molecule has 116 valence electrons. The standard InChI is InChI=1S/C18H17N3OS/c1-20-10-14(9-19-20)16-12-21(18(22)17-7-4-8-23-17)11-13-5-2-3-6-15(13)16/h2-10,16H,11-12H2,1H3. The minimum absolute atomic E-state index is 0.114. The first-order valence-corrected chi connectivity index (χ1v) is 8.49. The van der Waals surface area contributed by atoms with Gasteiger partial charge in [-0.05, 0) is 28.1 Å². The molecule has 5 heteroatoms. The van der Waals surface area contributed by atoms with E-state index in [1.54, 1.807) is 0 Å². The molecule has 3 heterocycles. The van der Waals surface area contributed by atoms with Crippen LogP contribution >= 0.6 is 11.3 Å². The topological polar surface area (TPSA) is 38.1 Å². The van der Waals surface area contributed by atoms with Gasteiger partial charge in [-0.3, -0.25) is 9.48 Å². The lowest BCUT2D eigenvalue weighted by Crippen LogP contribution is -2.38. The van der Waals surface area contributed by atoms with Crippen LogP contribution in [0.5, 0.6) is 0 Å². The first-order chi connectivity index (χ1) is 11.2. The molecule has 0 aliphatic carbocycles. The molecule has 0 saturated carbocycles. The van der Waals surface area contributed by atoms with Gasteiger partial charge in [-0.25, -0.2) is 0 Å². The molecule has 1 aliphatic heterocycles. The van der Waals surface area contributed by atoms with Crippen LogP contribution in [0, 0.1) is 0 Å². The Morgan fingerprint density at radius 1 is 1.26 bits per heavy atom. The minimum Gasteiger partial charge on any atom is -0.333 e. The van der Waals surface area contributed by atoms with E-state index in [4.69, 9.17) is 0 Å². The Balaban J connectivity index is 1.72. The lowest BCUT2D eigenvalue weighted by Gasteiger charge is -2.34. The number of fused-ring (bicyclic) bond motifs is 1. The van der Waals surface area contributed by atoms with Gasteiger partial charge < -0.3 is 4.90 Å². The Kier molecular flexibility index (Phi) is 3.50. The van der Waals surface area contributed by atoms with Crippen LogP contribution in [-0.4, -0.2) is 27.1 Å². The lowest BCUT2D eigenvalue weighted by atomic mass is 9.86. The fourth-order valence-electron chi connectivity index (χ4n) is 3.22. The highest BCUT2D eigenvalue weighted by atomic mass is 32.1. The van der Waals surface area contributed by atoms with Crippen molar-refractivity contribution < 1.29 is 4.79 Å². The third-order valence-corrected chi connectivity index (χ3v) is 5.20. The average molecular weight is 323 g/mol. The van der Waals surface area contributed by atoms with Gasteiger partial charge in [0.25, 0.3) is 5.91 Å². The summed E-state index contributed by atoms with van der Waals surface area (Å²) in [6.07, 6.45) is 3.95. The van der Waals surface area contributed by atoms with Gasteiger partial charge in [0.2, 0.25) is 0 Å². The fraction of sp³-hybridized carbons (Fsp3) is 0.222. The average Bonchev–Trinajstić information content (AvgIpc) is 3.24. The second kappa shape index (κ2) is 5.66. The molecule has 0 spiro atoms. The van der Waals surface area contributed by atoms with Crippen LogP contribution in [0.15, 0.2) is 54.2 Å². The molecule has 0 fully saturated rings. The number of rotatable bonds is 2. The molecule has 1 unspecified atom stereocenters. The molecule has 3 aromatic rings. The van der Waals surface area contributed by atoms with E-state index in [-0.39, 0.29) is 11.8 Å². The second-order valence-corrected chi connectivity index (χ2v) is 6.81. The summed E-state index contributed by atoms with van der Waals surface area (Å²) in [6, 6.07) is 12.2. The van der Waals surface area contributed by atoms with Gasteiger partial charge in [-0.15, -0.1) is 11.3 Å². The van der Waals surface area contributed by atoms with Gasteiger partial charge in [-0.1, -0.05) is 30.3 Å². The Labute approximate surface area is 139 Å². The number of nitrogens with zero attached hydrogens (tertiary/aromatic N) is 3. The summed E-state index contributed by atoms with van der Waals surface area (Å²) in [5.41, 5.74) is 3.68. The van der Waals surface area contributed by atoms with E-state index in [1.807, 2.05) is 52.6 Å². The van der Waals surface area contributed by atoms with Crippen LogP contribution in [0.1, 0.15) is 32.3 Å². The van der Waals surface area contributed by atoms with Crippen LogP contribution in [0.25, 0.3) is 0 Å². The number of amides is 1. The van der Waals surface area contributed by atoms with Crippen LogP contribution in [0.2, 0.25) is 0 Å². The number of aryl methyl sites for hydroxylation is 1. The Morgan fingerprint density at radius 3 is 2.87 bits per heavy atom. The maximum Gasteiger partial charge on any atom is 0.264 e. The highest BCUT2D eigenvalue weighted by molar-refractivity contribution is 7.12. The minimum atomic E-state index is 0.114. The largest absolute Gasteiger partial charge is 0.333 e. The van der Waals surface area contributed by atoms with Crippen molar-refractivity contribution in [3.63, 3.8) is 0 Å². The third kappa shape index (κ3) is 2.57. The lowest BCUT2D eigenvalue weighted by molar-refractivity contribution is 0.0730. The van der Waals surface area contributed by atoms with Gasteiger partial charge in [0.1, 0.15) is 0 Å². The van der Waals surface area contributed by atoms with Gasteiger partial charge in [-0.2, -0.15) is 5.10 Å². The number of aromatic nitrogens is 2. The summed E-state index contributed by atoms with van der Waals surface area (Å²) in [5, 5.41) is 6.25. The zero-order chi connectivity index (χ0) is 15.8. The van der Waals surface area contributed by atoms with Crippen molar-refractivity contribution in [2.24, 2.45) is 7.05 Å². The van der Waals surface area contributed by atoms with Gasteiger partial charge in [0.05, 0.1) is 11.1 Å². The van der Waals surface area contributed by atoms with E-state index >= 15 is 0 Å². The molecular weight excluding hydrogens is 306 g/mol. The van der Waals surface area contributed by atoms with Crippen molar-refractivity contribution >= 4 is 17.2 Å². The molecule has 0 saturated heterocycles. The Morgan fingerprint density at radius 2 is 2.13 bits per heavy atom. The predicted octanol–water partition coefficient (Wildman–Crippen LogP) is 3.27. The molecule has 1 amide bonds. The molecule has 23 heavy (non-hydrogen) atoms. The van der Waals surface area contributed by atoms with Crippen molar-refractivity contribution in [2.45, 2.75) is 12.5 Å². The maximum absolute atomic E-state index is 12.8. The summed E-state index contributed by atoms with van der Waals surface area (Å²) >= 11 is 1.50. The molecule has 2 aromatic heterocycles. The van der Waals surface area contributed by atoms with Crippen molar-refractivity contribution in [3.05, 3.63) is 75.7 Å². The van der Waals surface area contributed by atoms with E-state index in [2.05, 4.69) is 23.3 Å². The molecular formula is C18H17N3OS. The van der Waals surface area contributed by atoms with E-state index in [1.165, 1.54) is 22.5 Å². The van der Waals surface area contributed by atoms with Crippen LogP contribution in [-0.2, 0) is 13.6 Å². The zero-order valence-electron chi connectivity index (χ0n) is 12.8. The molecule has 1 aliphatic rings. The van der Waals surface area contributed by atoms with Crippen molar-refractivity contribution in [1.82, 2.24) is 14.7 Å². The Hall–Kier alpha value is -2.40. The van der Waals surface area contributed by atoms with Crippen molar-refractivity contribution in [2.75, 3.05) is 6.54 Å². The first kappa shape index (κ1) is 14.2. The highest BCUT2D eigenvalue weighted by Gasteiger charge is 2.30. The molecule has 0 radical (unpaired) electrons. The number of thiophene rings is 1. The van der Waals surface area contributed by atoms with Gasteiger partial charge in [0.15, 0.2) is 0 Å². The number of hydrogen-bond acceptors (Lipinski definition) is 3. The number of carbonyl (C=O) groups excluding carboxylic acids is 1. The molecule has 0 bridgehead atoms. The molecule has 1 atom stereocenters. The zero-order valence-corrected chi connectivity index (χ0v) is 13.7. The number of benzene rings is 1. The highest BCUT2D eigenvalue weighted by Crippen LogP contribution is 2.34. The first-order valence-electron chi connectivity index (χ1n) is 7.61. The van der Waals surface area contributed by atoms with E-state index in [0.29, 0.717) is 13.1 Å². The van der Waals surface area contributed by atoms with E-state index < -0.39 is 0 Å². The number of hydrogen-bond donors (Lipinski definition) is 0. The van der Waals surface area contributed by atoms with E-state index in [9.17, 15) is 4.79 Å². The maximum atomic E-state index is 12.8. The molecule has 1 aromatic carbocycles. The SMILES string of the molecule is Cn1cc(C2CN(C(=O)c3cccs3)Cc3ccccc32)cn1. The summed E-state index contributed by atoms with van der Waals surface area (Å²) < 4.78 is 1.82. The van der Waals surface area contributed by atoms with Crippen LogP contribution in [0.3, 0.4) is 0 Å². The summed E-state index contributed by atoms with van der Waals surface area (Å²) in [5.74, 6) is 0.293. The Bertz CT molecular complexity index is 838. The summed E-state index contributed by atoms with van der Waals surface area (Å²) in [6.45, 7) is 1.36. The summed E-state index contributed by atoms with van der Waals surface area (Å²) in [4.78, 5) is 15.5. The van der Waals surface area contributed by atoms with Crippen molar-refractivity contribution in [3.8, 4) is 0 Å². The smallest absolute Gasteiger partial charge is 0.264 e. The van der Waals surface area contributed by atoms with Gasteiger partial charge in [0, 0.05) is 32.3 Å². The molecule has 4 nitrogen and oxygen atoms in total. The second-order valence-electron chi connectivity index (χ2n) is 5.86.